The summed E-state index contributed by atoms with van der Waals surface area (Å²) < 4.78 is 0. The Bertz CT molecular complexity index is 603. The molecule has 17 heavy (non-hydrogen) atoms. The van der Waals surface area contributed by atoms with Gasteiger partial charge in [0.15, 0.2) is 0 Å². The van der Waals surface area contributed by atoms with Crippen LogP contribution in [0.25, 0.3) is 21.8 Å². The van der Waals surface area contributed by atoms with E-state index in [9.17, 15) is 4.79 Å². The molecular weight excluding hydrogens is 234 g/mol. The summed E-state index contributed by atoms with van der Waals surface area (Å²) in [6.45, 7) is 1.29. The number of halogens is 1. The number of carbonyl (C=O) groups is 1. The third-order valence-electron chi connectivity index (χ3n) is 2.41. The van der Waals surface area contributed by atoms with Crippen molar-refractivity contribution in [2.45, 2.75) is 6.92 Å². The SMILES string of the molecule is CC(=O)Cl.c1ccc2c(c1)[nH]c1ccccc12. The van der Waals surface area contributed by atoms with Crippen molar-refractivity contribution in [3.8, 4) is 0 Å². The van der Waals surface area contributed by atoms with E-state index in [1.807, 2.05) is 0 Å². The average molecular weight is 246 g/mol. The molecule has 2 nitrogen and oxygen atoms in total. The van der Waals surface area contributed by atoms with Crippen LogP contribution in [0.15, 0.2) is 48.5 Å². The highest BCUT2D eigenvalue weighted by atomic mass is 35.5. The Balaban J connectivity index is 0.000000239. The van der Waals surface area contributed by atoms with E-state index in [0.29, 0.717) is 0 Å². The van der Waals surface area contributed by atoms with E-state index in [4.69, 9.17) is 0 Å². The fourth-order valence-corrected chi connectivity index (χ4v) is 1.80. The fraction of sp³-hybridized carbons (Fsp3) is 0.0714. The maximum absolute atomic E-state index is 9.21. The van der Waals surface area contributed by atoms with Crippen LogP contribution >= 0.6 is 11.6 Å². The number of aromatic nitrogens is 1. The van der Waals surface area contributed by atoms with Crippen LogP contribution in [0.1, 0.15) is 6.92 Å². The normalized spacial score (nSPS) is 10.0. The van der Waals surface area contributed by atoms with Gasteiger partial charge in [-0.3, -0.25) is 4.79 Å². The second-order valence-corrected chi connectivity index (χ2v) is 4.22. The van der Waals surface area contributed by atoms with Crippen molar-refractivity contribution in [1.82, 2.24) is 4.98 Å². The Hall–Kier alpha value is -1.80. The van der Waals surface area contributed by atoms with Crippen molar-refractivity contribution in [1.29, 1.82) is 0 Å². The highest BCUT2D eigenvalue weighted by molar-refractivity contribution is 6.62. The Morgan fingerprint density at radius 3 is 1.71 bits per heavy atom. The van der Waals surface area contributed by atoms with E-state index in [2.05, 4.69) is 65.1 Å². The second-order valence-electron chi connectivity index (χ2n) is 3.69. The van der Waals surface area contributed by atoms with Crippen LogP contribution in [0.3, 0.4) is 0 Å². The number of para-hydroxylation sites is 2. The molecule has 0 aliphatic heterocycles. The number of benzene rings is 2. The van der Waals surface area contributed by atoms with Crippen molar-refractivity contribution < 1.29 is 4.79 Å². The number of hydrogen-bond acceptors (Lipinski definition) is 1. The van der Waals surface area contributed by atoms with E-state index in [1.54, 1.807) is 0 Å². The van der Waals surface area contributed by atoms with Crippen molar-refractivity contribution in [3.05, 3.63) is 48.5 Å². The van der Waals surface area contributed by atoms with Crippen molar-refractivity contribution >= 4 is 38.6 Å². The summed E-state index contributed by atoms with van der Waals surface area (Å²) in [5, 5.41) is 2.25. The van der Waals surface area contributed by atoms with Crippen molar-refractivity contribution in [2.24, 2.45) is 0 Å². The summed E-state index contributed by atoms with van der Waals surface area (Å²) in [4.78, 5) is 12.6. The Morgan fingerprint density at radius 1 is 0.941 bits per heavy atom. The van der Waals surface area contributed by atoms with Gasteiger partial charge in [-0.05, 0) is 23.7 Å². The molecule has 0 aliphatic carbocycles. The molecule has 1 heterocycles. The van der Waals surface area contributed by atoms with Crippen LogP contribution in [0.5, 0.6) is 0 Å². The first-order valence-electron chi connectivity index (χ1n) is 5.30. The number of H-pyrrole nitrogens is 1. The van der Waals surface area contributed by atoms with E-state index in [-0.39, 0.29) is 5.24 Å². The lowest BCUT2D eigenvalue weighted by Crippen LogP contribution is -1.62. The van der Waals surface area contributed by atoms with Gasteiger partial charge in [-0.2, -0.15) is 0 Å². The number of fused-ring (bicyclic) bond motifs is 3. The van der Waals surface area contributed by atoms with Gasteiger partial charge in [-0.25, -0.2) is 0 Å². The molecule has 86 valence electrons. The van der Waals surface area contributed by atoms with Gasteiger partial charge in [0, 0.05) is 28.7 Å². The number of hydrogen-bond donors (Lipinski definition) is 1. The summed E-state index contributed by atoms with van der Waals surface area (Å²) in [5.41, 5.74) is 2.42. The van der Waals surface area contributed by atoms with Gasteiger partial charge < -0.3 is 4.98 Å². The minimum Gasteiger partial charge on any atom is -0.355 e. The Morgan fingerprint density at radius 2 is 1.29 bits per heavy atom. The predicted molar refractivity (Wildman–Crippen MR) is 72.3 cm³/mol. The predicted octanol–water partition coefficient (Wildman–Crippen LogP) is 4.09. The summed E-state index contributed by atoms with van der Waals surface area (Å²) >= 11 is 4.64. The first kappa shape index (κ1) is 11.7. The number of nitrogens with one attached hydrogen (secondary N) is 1. The summed E-state index contributed by atoms with van der Waals surface area (Å²) in [6, 6.07) is 16.8. The van der Waals surface area contributed by atoms with Crippen molar-refractivity contribution in [2.75, 3.05) is 0 Å². The summed E-state index contributed by atoms with van der Waals surface area (Å²) in [6.07, 6.45) is 0. The zero-order valence-electron chi connectivity index (χ0n) is 9.41. The lowest BCUT2D eigenvalue weighted by atomic mass is 10.2. The van der Waals surface area contributed by atoms with Crippen molar-refractivity contribution in [3.63, 3.8) is 0 Å². The molecule has 0 atom stereocenters. The molecule has 0 radical (unpaired) electrons. The molecule has 3 rings (SSSR count). The molecule has 1 N–H and O–H groups in total. The number of rotatable bonds is 0. The van der Waals surface area contributed by atoms with Crippen LogP contribution in [0.4, 0.5) is 0 Å². The molecule has 1 aromatic heterocycles. The highest BCUT2D eigenvalue weighted by Gasteiger charge is 2.00. The van der Waals surface area contributed by atoms with Gasteiger partial charge in [0.2, 0.25) is 5.24 Å². The van der Waals surface area contributed by atoms with Crippen LogP contribution in [0.2, 0.25) is 0 Å². The smallest absolute Gasteiger partial charge is 0.218 e. The van der Waals surface area contributed by atoms with E-state index in [0.717, 1.165) is 0 Å². The van der Waals surface area contributed by atoms with Gasteiger partial charge in [0.05, 0.1) is 0 Å². The van der Waals surface area contributed by atoms with Gasteiger partial charge >= 0.3 is 0 Å². The Kier molecular flexibility index (Phi) is 3.45. The molecule has 2 aromatic carbocycles. The third kappa shape index (κ3) is 2.66. The van der Waals surface area contributed by atoms with Crippen LogP contribution < -0.4 is 0 Å². The first-order valence-corrected chi connectivity index (χ1v) is 5.68. The average Bonchev–Trinajstić information content (AvgIpc) is 2.66. The summed E-state index contributed by atoms with van der Waals surface area (Å²) in [7, 11) is 0. The maximum atomic E-state index is 9.21. The van der Waals surface area contributed by atoms with Crippen LogP contribution in [-0.4, -0.2) is 10.2 Å². The second kappa shape index (κ2) is 5.02. The van der Waals surface area contributed by atoms with Crippen LogP contribution in [-0.2, 0) is 4.79 Å². The molecule has 3 heteroatoms. The first-order chi connectivity index (χ1) is 8.18. The minimum absolute atomic E-state index is 0.361. The topological polar surface area (TPSA) is 32.9 Å². The third-order valence-corrected chi connectivity index (χ3v) is 2.41. The molecule has 3 aromatic rings. The molecule has 0 aliphatic rings. The van der Waals surface area contributed by atoms with E-state index in [1.165, 1.54) is 28.7 Å². The number of carbonyl (C=O) groups excluding carboxylic acids is 1. The minimum atomic E-state index is -0.361. The fourth-order valence-electron chi connectivity index (χ4n) is 1.80. The zero-order valence-corrected chi connectivity index (χ0v) is 10.2. The van der Waals surface area contributed by atoms with Gasteiger partial charge in [-0.1, -0.05) is 36.4 Å². The standard InChI is InChI=1S/C12H9N.C2H3ClO/c1-3-7-11-9(5-1)10-6-2-4-8-12(10)13-11;1-2(3)4/h1-8,13H;1H3. The monoisotopic (exact) mass is 245 g/mol. The van der Waals surface area contributed by atoms with Gasteiger partial charge in [0.25, 0.3) is 0 Å². The maximum Gasteiger partial charge on any atom is 0.218 e. The molecule has 0 amide bonds. The molecule has 0 saturated heterocycles. The molecule has 0 saturated carbocycles. The lowest BCUT2D eigenvalue weighted by molar-refractivity contribution is -0.109. The van der Waals surface area contributed by atoms with Gasteiger partial charge in [-0.15, -0.1) is 0 Å². The molecular formula is C14H12ClNO. The molecule has 0 spiro atoms. The largest absolute Gasteiger partial charge is 0.355 e. The van der Waals surface area contributed by atoms with Crippen LogP contribution in [0, 0.1) is 0 Å². The van der Waals surface area contributed by atoms with E-state index < -0.39 is 0 Å². The zero-order chi connectivity index (χ0) is 12.3. The van der Waals surface area contributed by atoms with E-state index >= 15 is 0 Å². The highest BCUT2D eigenvalue weighted by Crippen LogP contribution is 2.24. The Labute approximate surface area is 104 Å². The number of aromatic amines is 1. The summed E-state index contributed by atoms with van der Waals surface area (Å²) in [5.74, 6) is 0. The lowest BCUT2D eigenvalue weighted by Gasteiger charge is -1.87. The van der Waals surface area contributed by atoms with Gasteiger partial charge in [0.1, 0.15) is 0 Å². The molecule has 0 fully saturated rings. The quantitative estimate of drug-likeness (QED) is 0.595. The molecule has 0 unspecified atom stereocenters. The molecule has 0 bridgehead atoms.